The zero-order chi connectivity index (χ0) is 15.4. The lowest BCUT2D eigenvalue weighted by Gasteiger charge is -2.15. The molecule has 0 aliphatic heterocycles. The Kier molecular flexibility index (Phi) is 5.42. The maximum atomic E-state index is 12.5. The fraction of sp³-hybridized carbons (Fsp3) is 0.200. The number of aryl methyl sites for hydroxylation is 1. The van der Waals surface area contributed by atoms with Crippen LogP contribution in [0.15, 0.2) is 40.9 Å². The van der Waals surface area contributed by atoms with Gasteiger partial charge in [-0.15, -0.1) is 0 Å². The third-order valence-corrected chi connectivity index (χ3v) is 3.75. The molecule has 0 saturated heterocycles. The van der Waals surface area contributed by atoms with Crippen molar-refractivity contribution in [1.82, 2.24) is 0 Å². The average molecular weight is 377 g/mol. The number of halogens is 4. The first-order valence-corrected chi connectivity index (χ1v) is 7.36. The lowest BCUT2D eigenvalue weighted by atomic mass is 10.1. The number of rotatable bonds is 5. The van der Waals surface area contributed by atoms with Crippen LogP contribution >= 0.6 is 27.5 Å². The molecule has 0 spiro atoms. The predicted molar refractivity (Wildman–Crippen MR) is 84.3 cm³/mol. The highest BCUT2D eigenvalue weighted by Gasteiger charge is 2.15. The van der Waals surface area contributed by atoms with E-state index in [4.69, 9.17) is 11.6 Å². The molecule has 0 heterocycles. The predicted octanol–water partition coefficient (Wildman–Crippen LogP) is 5.62. The van der Waals surface area contributed by atoms with Crippen molar-refractivity contribution in [3.05, 3.63) is 57.0 Å². The van der Waals surface area contributed by atoms with Crippen LogP contribution in [0, 0.1) is 6.92 Å². The summed E-state index contributed by atoms with van der Waals surface area (Å²) >= 11 is 9.14. The molecule has 6 heteroatoms. The van der Waals surface area contributed by atoms with Crippen molar-refractivity contribution in [2.24, 2.45) is 0 Å². The van der Waals surface area contributed by atoms with Gasteiger partial charge < -0.3 is 10.1 Å². The van der Waals surface area contributed by atoms with Gasteiger partial charge in [0.15, 0.2) is 5.75 Å². The third kappa shape index (κ3) is 4.32. The molecule has 112 valence electrons. The average Bonchev–Trinajstić information content (AvgIpc) is 2.41. The molecule has 0 unspecified atom stereocenters. The van der Waals surface area contributed by atoms with Gasteiger partial charge in [0.05, 0.1) is 10.2 Å². The molecule has 2 rings (SSSR count). The van der Waals surface area contributed by atoms with Gasteiger partial charge in [-0.1, -0.05) is 35.9 Å². The van der Waals surface area contributed by atoms with E-state index in [0.717, 1.165) is 11.1 Å². The Labute approximate surface area is 135 Å². The molecule has 0 atom stereocenters. The van der Waals surface area contributed by atoms with Crippen LogP contribution in [0.3, 0.4) is 0 Å². The van der Waals surface area contributed by atoms with Crippen LogP contribution in [-0.2, 0) is 6.54 Å². The summed E-state index contributed by atoms with van der Waals surface area (Å²) in [5.41, 5.74) is 2.59. The Bertz CT molecular complexity index is 637. The Morgan fingerprint density at radius 1 is 1.29 bits per heavy atom. The molecule has 2 aromatic rings. The molecule has 0 aliphatic rings. The van der Waals surface area contributed by atoms with E-state index in [0.29, 0.717) is 21.7 Å². The van der Waals surface area contributed by atoms with Gasteiger partial charge in [-0.2, -0.15) is 8.78 Å². The van der Waals surface area contributed by atoms with Gasteiger partial charge >= 0.3 is 6.61 Å². The van der Waals surface area contributed by atoms with E-state index in [-0.39, 0.29) is 5.75 Å². The highest BCUT2D eigenvalue weighted by Crippen LogP contribution is 2.37. The van der Waals surface area contributed by atoms with Crippen LogP contribution in [0.2, 0.25) is 5.02 Å². The third-order valence-electron chi connectivity index (χ3n) is 2.95. The minimum absolute atomic E-state index is 0.0444. The molecule has 0 aromatic heterocycles. The number of alkyl halides is 2. The van der Waals surface area contributed by atoms with E-state index < -0.39 is 6.61 Å². The second-order valence-electron chi connectivity index (χ2n) is 4.42. The standard InChI is InChI=1S/C15H13BrClF2NO/c1-9-4-2-3-5-10(9)8-20-13-7-11(17)6-12(16)14(13)21-15(18)19/h2-7,15,20H,8H2,1H3. The summed E-state index contributed by atoms with van der Waals surface area (Å²) < 4.78 is 29.9. The Morgan fingerprint density at radius 2 is 2.00 bits per heavy atom. The number of nitrogens with one attached hydrogen (secondary N) is 1. The van der Waals surface area contributed by atoms with Crippen molar-refractivity contribution in [3.8, 4) is 5.75 Å². The molecule has 0 radical (unpaired) electrons. The molecular formula is C15H13BrClF2NO. The SMILES string of the molecule is Cc1ccccc1CNc1cc(Cl)cc(Br)c1OC(F)F. The molecule has 21 heavy (non-hydrogen) atoms. The molecule has 2 nitrogen and oxygen atoms in total. The molecule has 2 aromatic carbocycles. The van der Waals surface area contributed by atoms with Crippen LogP contribution in [0.5, 0.6) is 5.75 Å². The summed E-state index contributed by atoms with van der Waals surface area (Å²) in [6.45, 7) is -0.429. The van der Waals surface area contributed by atoms with Crippen molar-refractivity contribution < 1.29 is 13.5 Å². The van der Waals surface area contributed by atoms with Gasteiger partial charge in [0.2, 0.25) is 0 Å². The van der Waals surface area contributed by atoms with E-state index >= 15 is 0 Å². The van der Waals surface area contributed by atoms with Crippen LogP contribution in [0.4, 0.5) is 14.5 Å². The Balaban J connectivity index is 2.24. The van der Waals surface area contributed by atoms with E-state index in [2.05, 4.69) is 26.0 Å². The van der Waals surface area contributed by atoms with E-state index in [1.165, 1.54) is 6.07 Å². The molecule has 0 bridgehead atoms. The van der Waals surface area contributed by atoms with Gasteiger partial charge in [0.1, 0.15) is 0 Å². The van der Waals surface area contributed by atoms with Crippen LogP contribution < -0.4 is 10.1 Å². The lowest BCUT2D eigenvalue weighted by Crippen LogP contribution is -2.08. The topological polar surface area (TPSA) is 21.3 Å². The van der Waals surface area contributed by atoms with Gasteiger partial charge in [0, 0.05) is 11.6 Å². The first-order chi connectivity index (χ1) is 9.97. The van der Waals surface area contributed by atoms with Gasteiger partial charge in [-0.05, 0) is 46.1 Å². The fourth-order valence-corrected chi connectivity index (χ4v) is 2.80. The maximum absolute atomic E-state index is 12.5. The second-order valence-corrected chi connectivity index (χ2v) is 5.71. The van der Waals surface area contributed by atoms with E-state index in [1.54, 1.807) is 6.07 Å². The number of anilines is 1. The van der Waals surface area contributed by atoms with Crippen LogP contribution in [-0.4, -0.2) is 6.61 Å². The van der Waals surface area contributed by atoms with E-state index in [1.807, 2.05) is 31.2 Å². The van der Waals surface area contributed by atoms with Crippen molar-refractivity contribution in [3.63, 3.8) is 0 Å². The van der Waals surface area contributed by atoms with Gasteiger partial charge in [0.25, 0.3) is 0 Å². The zero-order valence-corrected chi connectivity index (χ0v) is 13.5. The molecule has 0 saturated carbocycles. The minimum atomic E-state index is -2.90. The minimum Gasteiger partial charge on any atom is -0.431 e. The van der Waals surface area contributed by atoms with Crippen molar-refractivity contribution in [2.75, 3.05) is 5.32 Å². The summed E-state index contributed by atoms with van der Waals surface area (Å²) in [5.74, 6) is 0.0444. The van der Waals surface area contributed by atoms with Crippen LogP contribution in [0.1, 0.15) is 11.1 Å². The molecule has 0 fully saturated rings. The lowest BCUT2D eigenvalue weighted by molar-refractivity contribution is -0.0498. The smallest absolute Gasteiger partial charge is 0.387 e. The Morgan fingerprint density at radius 3 is 2.67 bits per heavy atom. The Hall–Kier alpha value is -1.33. The summed E-state index contributed by atoms with van der Waals surface area (Å²) in [6.07, 6.45) is 0. The fourth-order valence-electron chi connectivity index (χ4n) is 1.90. The highest BCUT2D eigenvalue weighted by molar-refractivity contribution is 9.10. The summed E-state index contributed by atoms with van der Waals surface area (Å²) in [4.78, 5) is 0. The molecule has 0 amide bonds. The summed E-state index contributed by atoms with van der Waals surface area (Å²) in [7, 11) is 0. The number of hydrogen-bond acceptors (Lipinski definition) is 2. The normalized spacial score (nSPS) is 10.8. The molecule has 1 N–H and O–H groups in total. The van der Waals surface area contributed by atoms with E-state index in [9.17, 15) is 8.78 Å². The first-order valence-electron chi connectivity index (χ1n) is 6.19. The van der Waals surface area contributed by atoms with Crippen molar-refractivity contribution in [1.29, 1.82) is 0 Å². The molecule has 0 aliphatic carbocycles. The first kappa shape index (κ1) is 16.0. The largest absolute Gasteiger partial charge is 0.431 e. The monoisotopic (exact) mass is 375 g/mol. The van der Waals surface area contributed by atoms with Crippen LogP contribution in [0.25, 0.3) is 0 Å². The van der Waals surface area contributed by atoms with Gasteiger partial charge in [-0.25, -0.2) is 0 Å². The van der Waals surface area contributed by atoms with Crippen molar-refractivity contribution in [2.45, 2.75) is 20.1 Å². The van der Waals surface area contributed by atoms with Gasteiger partial charge in [-0.3, -0.25) is 0 Å². The number of ether oxygens (including phenoxy) is 1. The summed E-state index contributed by atoms with van der Waals surface area (Å²) in [6, 6.07) is 10.9. The highest BCUT2D eigenvalue weighted by atomic mass is 79.9. The number of hydrogen-bond donors (Lipinski definition) is 1. The number of benzene rings is 2. The molecular weight excluding hydrogens is 364 g/mol. The maximum Gasteiger partial charge on any atom is 0.387 e. The summed E-state index contributed by atoms with van der Waals surface area (Å²) in [5, 5.41) is 3.51. The second kappa shape index (κ2) is 7.09. The zero-order valence-electron chi connectivity index (χ0n) is 11.2. The van der Waals surface area contributed by atoms with Crippen molar-refractivity contribution >= 4 is 33.2 Å². The quantitative estimate of drug-likeness (QED) is 0.731.